The van der Waals surface area contributed by atoms with Crippen LogP contribution in [0.5, 0.6) is 0 Å². The highest BCUT2D eigenvalue weighted by atomic mass is 19.1. The van der Waals surface area contributed by atoms with E-state index in [4.69, 9.17) is 9.72 Å². The van der Waals surface area contributed by atoms with Gasteiger partial charge in [0.2, 0.25) is 17.7 Å². The van der Waals surface area contributed by atoms with Gasteiger partial charge in [-0.1, -0.05) is 30.3 Å². The number of amides is 3. The van der Waals surface area contributed by atoms with Gasteiger partial charge < -0.3 is 14.6 Å². The Labute approximate surface area is 208 Å². The average Bonchev–Trinajstić information content (AvgIpc) is 3.42. The number of hydrogen-bond donors (Lipinski definition) is 1. The van der Waals surface area contributed by atoms with E-state index in [1.165, 1.54) is 25.3 Å². The summed E-state index contributed by atoms with van der Waals surface area (Å²) in [7, 11) is 1.48. The fourth-order valence-corrected chi connectivity index (χ4v) is 5.47. The topological polar surface area (TPSA) is 95.6 Å². The van der Waals surface area contributed by atoms with Gasteiger partial charge in [-0.2, -0.15) is 0 Å². The van der Waals surface area contributed by atoms with Crippen LogP contribution in [0.4, 0.5) is 4.39 Å². The van der Waals surface area contributed by atoms with E-state index in [0.29, 0.717) is 13.1 Å². The summed E-state index contributed by atoms with van der Waals surface area (Å²) in [5.41, 5.74) is 0.336. The molecule has 3 heterocycles. The standard InChI is InChI=1S/C27H29FN4O4/c1-36-14-13-32-24(34)16-27(26(32)35,19-8-2-3-9-20(19)28)15-23(33)31-12-6-7-18(17-31)25-29-21-10-4-5-11-22(21)30-25/h2-5,8-11,18H,6-7,12-17H2,1H3,(H,29,30)/t18-,27+/m1/s1. The smallest absolute Gasteiger partial charge is 0.241 e. The van der Waals surface area contributed by atoms with Crippen LogP contribution in [-0.4, -0.2) is 70.8 Å². The molecule has 2 aromatic carbocycles. The Kier molecular flexibility index (Phi) is 6.57. The number of carbonyl (C=O) groups excluding carboxylic acids is 3. The maximum Gasteiger partial charge on any atom is 0.241 e. The lowest BCUT2D eigenvalue weighted by molar-refractivity contribution is -0.143. The molecule has 1 N–H and O–H groups in total. The van der Waals surface area contributed by atoms with Gasteiger partial charge in [-0.05, 0) is 31.0 Å². The number of carbonyl (C=O) groups is 3. The third-order valence-corrected chi connectivity index (χ3v) is 7.34. The Bertz CT molecular complexity index is 1270. The molecule has 2 aliphatic rings. The number of rotatable bonds is 7. The molecule has 0 saturated carbocycles. The Morgan fingerprint density at radius 2 is 1.97 bits per heavy atom. The Hall–Kier alpha value is -3.59. The minimum atomic E-state index is -1.57. The number of halogens is 1. The fraction of sp³-hybridized carbons (Fsp3) is 0.407. The Balaban J connectivity index is 1.41. The fourth-order valence-electron chi connectivity index (χ4n) is 5.47. The van der Waals surface area contributed by atoms with Gasteiger partial charge in [-0.15, -0.1) is 0 Å². The maximum absolute atomic E-state index is 15.0. The van der Waals surface area contributed by atoms with Gasteiger partial charge in [0.1, 0.15) is 11.6 Å². The van der Waals surface area contributed by atoms with Crippen molar-refractivity contribution in [2.45, 2.75) is 37.0 Å². The molecule has 0 aliphatic carbocycles. The molecule has 2 fully saturated rings. The van der Waals surface area contributed by atoms with E-state index in [0.717, 1.165) is 34.6 Å². The average molecular weight is 493 g/mol. The molecule has 9 heteroatoms. The van der Waals surface area contributed by atoms with E-state index in [1.54, 1.807) is 11.0 Å². The first kappa shape index (κ1) is 24.1. The molecule has 5 rings (SSSR count). The number of aromatic nitrogens is 2. The van der Waals surface area contributed by atoms with Gasteiger partial charge in [0.25, 0.3) is 0 Å². The van der Waals surface area contributed by atoms with Crippen molar-refractivity contribution in [3.63, 3.8) is 0 Å². The Morgan fingerprint density at radius 1 is 1.19 bits per heavy atom. The van der Waals surface area contributed by atoms with Crippen LogP contribution < -0.4 is 0 Å². The number of aromatic amines is 1. The second-order valence-electron chi connectivity index (χ2n) is 9.58. The molecule has 36 heavy (non-hydrogen) atoms. The molecular weight excluding hydrogens is 463 g/mol. The SMILES string of the molecule is COCCN1C(=O)C[C@@](CC(=O)N2CCC[C@@H](c3nc4ccccc4[nH]3)C2)(c2ccccc2F)C1=O. The van der Waals surface area contributed by atoms with Crippen molar-refractivity contribution in [1.82, 2.24) is 19.8 Å². The highest BCUT2D eigenvalue weighted by Gasteiger charge is 2.55. The zero-order valence-corrected chi connectivity index (χ0v) is 20.2. The number of piperidine rings is 1. The Morgan fingerprint density at radius 3 is 2.75 bits per heavy atom. The first-order chi connectivity index (χ1) is 17.4. The van der Waals surface area contributed by atoms with Crippen LogP contribution in [0.3, 0.4) is 0 Å². The van der Waals surface area contributed by atoms with Gasteiger partial charge in [0.15, 0.2) is 0 Å². The number of imide groups is 1. The van der Waals surface area contributed by atoms with Crippen molar-refractivity contribution in [2.75, 3.05) is 33.4 Å². The number of ether oxygens (including phenoxy) is 1. The van der Waals surface area contributed by atoms with E-state index in [1.807, 2.05) is 24.3 Å². The highest BCUT2D eigenvalue weighted by Crippen LogP contribution is 2.42. The van der Waals surface area contributed by atoms with Crippen LogP contribution in [0, 0.1) is 5.82 Å². The van der Waals surface area contributed by atoms with Crippen molar-refractivity contribution < 1.29 is 23.5 Å². The van der Waals surface area contributed by atoms with Crippen LogP contribution in [0.15, 0.2) is 48.5 Å². The van der Waals surface area contributed by atoms with Gasteiger partial charge in [-0.3, -0.25) is 19.3 Å². The van der Waals surface area contributed by atoms with Crippen molar-refractivity contribution in [3.8, 4) is 0 Å². The summed E-state index contributed by atoms with van der Waals surface area (Å²) in [6.45, 7) is 1.22. The van der Waals surface area contributed by atoms with Crippen molar-refractivity contribution >= 4 is 28.8 Å². The summed E-state index contributed by atoms with van der Waals surface area (Å²) in [5.74, 6) is -0.984. The van der Waals surface area contributed by atoms with Crippen LogP contribution in [0.25, 0.3) is 11.0 Å². The largest absolute Gasteiger partial charge is 0.383 e. The molecule has 1 aromatic heterocycles. The zero-order valence-electron chi connectivity index (χ0n) is 20.2. The molecular formula is C27H29FN4O4. The van der Waals surface area contributed by atoms with Crippen molar-refractivity contribution in [2.24, 2.45) is 0 Å². The number of para-hydroxylation sites is 2. The van der Waals surface area contributed by atoms with Crippen LogP contribution in [0.1, 0.15) is 43.0 Å². The minimum Gasteiger partial charge on any atom is -0.383 e. The summed E-state index contributed by atoms with van der Waals surface area (Å²) in [6.07, 6.45) is 1.15. The third kappa shape index (κ3) is 4.28. The summed E-state index contributed by atoms with van der Waals surface area (Å²) < 4.78 is 20.0. The van der Waals surface area contributed by atoms with Gasteiger partial charge in [0.05, 0.1) is 29.6 Å². The number of nitrogens with zero attached hydrogens (tertiary/aromatic N) is 3. The number of fused-ring (bicyclic) bond motifs is 1. The maximum atomic E-state index is 15.0. The number of imidazole rings is 1. The minimum absolute atomic E-state index is 0.0265. The number of nitrogens with one attached hydrogen (secondary N) is 1. The van der Waals surface area contributed by atoms with E-state index < -0.39 is 23.0 Å². The van der Waals surface area contributed by atoms with E-state index in [2.05, 4.69) is 4.98 Å². The molecule has 0 spiro atoms. The normalized spacial score (nSPS) is 22.6. The number of H-pyrrole nitrogens is 1. The lowest BCUT2D eigenvalue weighted by Crippen LogP contribution is -2.46. The molecule has 2 atom stereocenters. The van der Waals surface area contributed by atoms with E-state index in [-0.39, 0.29) is 43.4 Å². The predicted octanol–water partition coefficient (Wildman–Crippen LogP) is 3.14. The monoisotopic (exact) mass is 492 g/mol. The molecule has 2 saturated heterocycles. The van der Waals surface area contributed by atoms with Crippen LogP contribution in [0.2, 0.25) is 0 Å². The van der Waals surface area contributed by atoms with E-state index >= 15 is 0 Å². The molecule has 3 aromatic rings. The lowest BCUT2D eigenvalue weighted by atomic mass is 9.75. The number of likely N-dealkylation sites (tertiary alicyclic amines) is 2. The van der Waals surface area contributed by atoms with Gasteiger partial charge in [0, 0.05) is 44.5 Å². The third-order valence-electron chi connectivity index (χ3n) is 7.34. The number of benzene rings is 2. The lowest BCUT2D eigenvalue weighted by Gasteiger charge is -2.35. The highest BCUT2D eigenvalue weighted by molar-refractivity contribution is 6.10. The van der Waals surface area contributed by atoms with E-state index in [9.17, 15) is 18.8 Å². The van der Waals surface area contributed by atoms with Crippen LogP contribution in [-0.2, 0) is 24.5 Å². The quantitative estimate of drug-likeness (QED) is 0.512. The zero-order chi connectivity index (χ0) is 25.3. The summed E-state index contributed by atoms with van der Waals surface area (Å²) >= 11 is 0. The van der Waals surface area contributed by atoms with Crippen LogP contribution >= 0.6 is 0 Å². The first-order valence-corrected chi connectivity index (χ1v) is 12.2. The molecule has 188 valence electrons. The molecule has 0 radical (unpaired) electrons. The second kappa shape index (κ2) is 9.81. The molecule has 0 unspecified atom stereocenters. The number of hydrogen-bond acceptors (Lipinski definition) is 5. The number of methoxy groups -OCH3 is 1. The molecule has 3 amide bonds. The first-order valence-electron chi connectivity index (χ1n) is 12.2. The van der Waals surface area contributed by atoms with Crippen molar-refractivity contribution in [3.05, 3.63) is 65.7 Å². The second-order valence-corrected chi connectivity index (χ2v) is 9.58. The van der Waals surface area contributed by atoms with Gasteiger partial charge in [-0.25, -0.2) is 9.37 Å². The summed E-state index contributed by atoms with van der Waals surface area (Å²) in [4.78, 5) is 51.0. The van der Waals surface area contributed by atoms with Crippen molar-refractivity contribution in [1.29, 1.82) is 0 Å². The molecule has 2 aliphatic heterocycles. The molecule has 8 nitrogen and oxygen atoms in total. The van der Waals surface area contributed by atoms with Gasteiger partial charge >= 0.3 is 0 Å². The summed E-state index contributed by atoms with van der Waals surface area (Å²) in [6, 6.07) is 13.7. The summed E-state index contributed by atoms with van der Waals surface area (Å²) in [5, 5.41) is 0. The molecule has 0 bridgehead atoms. The predicted molar refractivity (Wildman–Crippen MR) is 131 cm³/mol.